The Hall–Kier alpha value is -2.55. The number of likely N-dealkylation sites (tertiary alicyclic amines) is 1. The molecule has 1 amide bonds. The van der Waals surface area contributed by atoms with Gasteiger partial charge in [-0.25, -0.2) is 0 Å². The molecule has 0 aliphatic carbocycles. The molecule has 144 valence electrons. The first-order chi connectivity index (χ1) is 13.1. The van der Waals surface area contributed by atoms with Gasteiger partial charge < -0.3 is 19.5 Å². The molecule has 2 aromatic rings. The van der Waals surface area contributed by atoms with E-state index in [0.29, 0.717) is 24.6 Å². The smallest absolute Gasteiger partial charge is 0.387 e. The second-order valence-corrected chi connectivity index (χ2v) is 6.77. The first-order valence-corrected chi connectivity index (χ1v) is 9.08. The zero-order valence-electron chi connectivity index (χ0n) is 14.8. The van der Waals surface area contributed by atoms with E-state index in [1.165, 1.54) is 24.3 Å². The van der Waals surface area contributed by atoms with Crippen LogP contribution in [-0.2, 0) is 13.1 Å². The largest absolute Gasteiger partial charge is 0.435 e. The van der Waals surface area contributed by atoms with E-state index in [2.05, 4.69) is 24.8 Å². The average molecular weight is 377 g/mol. The molecule has 1 saturated heterocycles. The van der Waals surface area contributed by atoms with Gasteiger partial charge in [-0.15, -0.1) is 10.2 Å². The molecule has 1 N–H and O–H groups in total. The second kappa shape index (κ2) is 7.59. The second-order valence-electron chi connectivity index (χ2n) is 6.77. The molecule has 4 rings (SSSR count). The van der Waals surface area contributed by atoms with Crippen LogP contribution in [0.15, 0.2) is 24.3 Å². The summed E-state index contributed by atoms with van der Waals surface area (Å²) in [5, 5.41) is 11.9. The van der Waals surface area contributed by atoms with E-state index >= 15 is 0 Å². The van der Waals surface area contributed by atoms with Crippen LogP contribution < -0.4 is 10.1 Å². The highest BCUT2D eigenvalue weighted by molar-refractivity contribution is 5.94. The van der Waals surface area contributed by atoms with Crippen LogP contribution in [0.5, 0.6) is 5.75 Å². The number of ether oxygens (including phenoxy) is 1. The number of nitrogens with one attached hydrogen (secondary N) is 1. The third-order valence-electron chi connectivity index (χ3n) is 5.13. The summed E-state index contributed by atoms with van der Waals surface area (Å²) < 4.78 is 30.9. The van der Waals surface area contributed by atoms with Crippen LogP contribution in [0.3, 0.4) is 0 Å². The van der Waals surface area contributed by atoms with Crippen molar-refractivity contribution in [2.75, 3.05) is 19.6 Å². The number of aromatic nitrogens is 3. The Bertz CT molecular complexity index is 801. The molecule has 1 aromatic heterocycles. The summed E-state index contributed by atoms with van der Waals surface area (Å²) in [5.74, 6) is 2.25. The Labute approximate surface area is 155 Å². The van der Waals surface area contributed by atoms with Crippen LogP contribution in [0.2, 0.25) is 0 Å². The number of fused-ring (bicyclic) bond motifs is 1. The normalized spacial score (nSPS) is 17.8. The maximum absolute atomic E-state index is 12.7. The number of benzene rings is 1. The molecule has 2 aliphatic rings. The van der Waals surface area contributed by atoms with Gasteiger partial charge in [0.05, 0.1) is 6.54 Å². The van der Waals surface area contributed by atoms with Crippen LogP contribution >= 0.6 is 0 Å². The van der Waals surface area contributed by atoms with Crippen LogP contribution in [0.25, 0.3) is 0 Å². The van der Waals surface area contributed by atoms with Gasteiger partial charge in [-0.2, -0.15) is 8.78 Å². The fraction of sp³-hybridized carbons (Fsp3) is 0.500. The first-order valence-electron chi connectivity index (χ1n) is 9.08. The molecule has 0 spiro atoms. The van der Waals surface area contributed by atoms with Crippen molar-refractivity contribution in [2.24, 2.45) is 0 Å². The highest BCUT2D eigenvalue weighted by Gasteiger charge is 2.29. The van der Waals surface area contributed by atoms with Crippen LogP contribution in [-0.4, -0.2) is 51.8 Å². The monoisotopic (exact) mass is 377 g/mol. The third kappa shape index (κ3) is 3.78. The van der Waals surface area contributed by atoms with E-state index < -0.39 is 6.61 Å². The van der Waals surface area contributed by atoms with E-state index in [9.17, 15) is 13.6 Å². The molecule has 2 aliphatic heterocycles. The van der Waals surface area contributed by atoms with Crippen molar-refractivity contribution in [1.29, 1.82) is 0 Å². The van der Waals surface area contributed by atoms with Crippen LogP contribution in [0.1, 0.15) is 40.8 Å². The number of hydrogen-bond acceptors (Lipinski definition) is 5. The van der Waals surface area contributed by atoms with Crippen LogP contribution in [0.4, 0.5) is 8.78 Å². The van der Waals surface area contributed by atoms with Crippen molar-refractivity contribution < 1.29 is 18.3 Å². The van der Waals surface area contributed by atoms with E-state index in [1.54, 1.807) is 4.90 Å². The van der Waals surface area contributed by atoms with E-state index in [-0.39, 0.29) is 11.7 Å². The number of carbonyl (C=O) groups is 1. The van der Waals surface area contributed by atoms with E-state index in [4.69, 9.17) is 0 Å². The number of nitrogens with zero attached hydrogens (tertiary/aromatic N) is 4. The molecule has 0 saturated carbocycles. The number of alkyl halides is 2. The Balaban J connectivity index is 1.37. The third-order valence-corrected chi connectivity index (χ3v) is 5.13. The number of amides is 1. The molecule has 7 nitrogen and oxygen atoms in total. The molecule has 9 heteroatoms. The Morgan fingerprint density at radius 2 is 1.89 bits per heavy atom. The predicted octanol–water partition coefficient (Wildman–Crippen LogP) is 2.00. The predicted molar refractivity (Wildman–Crippen MR) is 92.7 cm³/mol. The highest BCUT2D eigenvalue weighted by atomic mass is 19.3. The zero-order valence-corrected chi connectivity index (χ0v) is 14.8. The van der Waals surface area contributed by atoms with Gasteiger partial charge in [0, 0.05) is 37.7 Å². The molecule has 0 radical (unpaired) electrons. The number of rotatable bonds is 4. The summed E-state index contributed by atoms with van der Waals surface area (Å²) in [4.78, 5) is 14.5. The van der Waals surface area contributed by atoms with Gasteiger partial charge in [-0.3, -0.25) is 4.79 Å². The summed E-state index contributed by atoms with van der Waals surface area (Å²) in [6.45, 7) is 0.947. The van der Waals surface area contributed by atoms with Gasteiger partial charge >= 0.3 is 6.61 Å². The van der Waals surface area contributed by atoms with Crippen molar-refractivity contribution in [1.82, 2.24) is 25.0 Å². The van der Waals surface area contributed by atoms with Gasteiger partial charge in [0.25, 0.3) is 5.91 Å². The minimum absolute atomic E-state index is 0.0475. The van der Waals surface area contributed by atoms with Gasteiger partial charge in [0.15, 0.2) is 0 Å². The summed E-state index contributed by atoms with van der Waals surface area (Å²) in [6, 6.07) is 5.83. The van der Waals surface area contributed by atoms with Crippen molar-refractivity contribution in [3.8, 4) is 5.75 Å². The lowest BCUT2D eigenvalue weighted by molar-refractivity contribution is -0.0498. The number of halogens is 2. The lowest BCUT2D eigenvalue weighted by Crippen LogP contribution is -2.38. The van der Waals surface area contributed by atoms with Gasteiger partial charge in [-0.05, 0) is 37.1 Å². The number of hydrogen-bond donors (Lipinski definition) is 1. The maximum Gasteiger partial charge on any atom is 0.387 e. The van der Waals surface area contributed by atoms with Gasteiger partial charge in [0.2, 0.25) is 0 Å². The number of piperidine rings is 1. The zero-order chi connectivity index (χ0) is 18.8. The van der Waals surface area contributed by atoms with Crippen LogP contribution in [0, 0.1) is 0 Å². The first kappa shape index (κ1) is 17.8. The van der Waals surface area contributed by atoms with Crippen molar-refractivity contribution in [3.05, 3.63) is 41.5 Å². The van der Waals surface area contributed by atoms with Gasteiger partial charge in [0.1, 0.15) is 17.4 Å². The lowest BCUT2D eigenvalue weighted by atomic mass is 9.95. The minimum atomic E-state index is -2.87. The lowest BCUT2D eigenvalue weighted by Gasteiger charge is -2.32. The van der Waals surface area contributed by atoms with E-state index in [0.717, 1.165) is 44.1 Å². The maximum atomic E-state index is 12.7. The molecule has 0 bridgehead atoms. The summed E-state index contributed by atoms with van der Waals surface area (Å²) in [5.41, 5.74) is 0.473. The standard InChI is InChI=1S/C18H21F2N5O2/c19-18(20)27-14-3-1-13(2-4-14)17(26)24-8-5-12(6-9-24)16-23-22-15-11-21-7-10-25(15)16/h1-4,12,18,21H,5-11H2. The Morgan fingerprint density at radius 1 is 1.15 bits per heavy atom. The quantitative estimate of drug-likeness (QED) is 0.883. The minimum Gasteiger partial charge on any atom is -0.435 e. The molecular formula is C18H21F2N5O2. The van der Waals surface area contributed by atoms with Gasteiger partial charge in [-0.1, -0.05) is 0 Å². The number of carbonyl (C=O) groups excluding carboxylic acids is 1. The summed E-state index contributed by atoms with van der Waals surface area (Å²) >= 11 is 0. The molecule has 1 aromatic carbocycles. The van der Waals surface area contributed by atoms with E-state index in [1.807, 2.05) is 0 Å². The SMILES string of the molecule is O=C(c1ccc(OC(F)F)cc1)N1CCC(c2nnc3n2CCNC3)CC1. The summed E-state index contributed by atoms with van der Waals surface area (Å²) in [6.07, 6.45) is 1.67. The van der Waals surface area contributed by atoms with Crippen molar-refractivity contribution in [2.45, 2.75) is 38.5 Å². The molecule has 3 heterocycles. The topological polar surface area (TPSA) is 72.3 Å². The summed E-state index contributed by atoms with van der Waals surface area (Å²) in [7, 11) is 0. The fourth-order valence-electron chi connectivity index (χ4n) is 3.72. The molecule has 0 atom stereocenters. The Morgan fingerprint density at radius 3 is 2.59 bits per heavy atom. The molecule has 27 heavy (non-hydrogen) atoms. The van der Waals surface area contributed by atoms with Crippen molar-refractivity contribution in [3.63, 3.8) is 0 Å². The average Bonchev–Trinajstić information content (AvgIpc) is 3.12. The Kier molecular flexibility index (Phi) is 5.02. The molecule has 0 unspecified atom stereocenters. The molecular weight excluding hydrogens is 356 g/mol. The van der Waals surface area contributed by atoms with Crippen molar-refractivity contribution >= 4 is 5.91 Å². The molecule has 1 fully saturated rings. The highest BCUT2D eigenvalue weighted by Crippen LogP contribution is 2.28. The fourth-order valence-corrected chi connectivity index (χ4v) is 3.72.